The number of benzene rings is 1. The van der Waals surface area contributed by atoms with Crippen LogP contribution in [0.3, 0.4) is 0 Å². The monoisotopic (exact) mass is 266 g/mol. The molecule has 0 aliphatic rings. The van der Waals surface area contributed by atoms with Gasteiger partial charge < -0.3 is 4.42 Å². The van der Waals surface area contributed by atoms with Gasteiger partial charge in [-0.1, -0.05) is 12.1 Å². The SMILES string of the molecule is Cc1ccoc1-c1nc(-c2cccc(C#N)c2)cs1. The molecule has 4 heteroatoms. The quantitative estimate of drug-likeness (QED) is 0.696. The third kappa shape index (κ3) is 2.16. The van der Waals surface area contributed by atoms with Crippen molar-refractivity contribution >= 4 is 11.3 Å². The van der Waals surface area contributed by atoms with Gasteiger partial charge in [-0.05, 0) is 30.7 Å². The van der Waals surface area contributed by atoms with Crippen LogP contribution in [0.2, 0.25) is 0 Å². The lowest BCUT2D eigenvalue weighted by atomic mass is 10.1. The summed E-state index contributed by atoms with van der Waals surface area (Å²) in [5.74, 6) is 0.813. The molecule has 0 unspecified atom stereocenters. The molecule has 0 N–H and O–H groups in total. The fourth-order valence-corrected chi connectivity index (χ4v) is 2.73. The van der Waals surface area contributed by atoms with Gasteiger partial charge in [0.2, 0.25) is 0 Å². The molecule has 1 aromatic carbocycles. The van der Waals surface area contributed by atoms with Gasteiger partial charge in [0.05, 0.1) is 23.6 Å². The fraction of sp³-hybridized carbons (Fsp3) is 0.0667. The van der Waals surface area contributed by atoms with E-state index in [1.807, 2.05) is 36.6 Å². The minimum absolute atomic E-state index is 0.640. The second-order valence-electron chi connectivity index (χ2n) is 4.16. The Balaban J connectivity index is 2.02. The highest BCUT2D eigenvalue weighted by Gasteiger charge is 2.11. The maximum atomic E-state index is 8.92. The van der Waals surface area contributed by atoms with Gasteiger partial charge in [-0.15, -0.1) is 11.3 Å². The average molecular weight is 266 g/mol. The first-order chi connectivity index (χ1) is 9.28. The third-order valence-corrected chi connectivity index (χ3v) is 3.69. The van der Waals surface area contributed by atoms with Crippen molar-refractivity contribution in [1.29, 1.82) is 5.26 Å². The Morgan fingerprint density at radius 1 is 1.32 bits per heavy atom. The summed E-state index contributed by atoms with van der Waals surface area (Å²) in [5.41, 5.74) is 3.53. The van der Waals surface area contributed by atoms with Gasteiger partial charge >= 0.3 is 0 Å². The van der Waals surface area contributed by atoms with Crippen LogP contribution in [0.15, 0.2) is 46.4 Å². The van der Waals surface area contributed by atoms with Crippen molar-refractivity contribution in [3.8, 4) is 28.1 Å². The third-order valence-electron chi connectivity index (χ3n) is 2.85. The van der Waals surface area contributed by atoms with Crippen molar-refractivity contribution in [3.63, 3.8) is 0 Å². The zero-order chi connectivity index (χ0) is 13.2. The van der Waals surface area contributed by atoms with E-state index in [9.17, 15) is 0 Å². The first-order valence-corrected chi connectivity index (χ1v) is 6.66. The number of nitrogens with zero attached hydrogens (tertiary/aromatic N) is 2. The molecule has 2 aromatic heterocycles. The van der Waals surface area contributed by atoms with Crippen molar-refractivity contribution in [1.82, 2.24) is 4.98 Å². The van der Waals surface area contributed by atoms with Crippen molar-refractivity contribution in [3.05, 3.63) is 53.1 Å². The largest absolute Gasteiger partial charge is 0.462 e. The lowest BCUT2D eigenvalue weighted by molar-refractivity contribution is 0.580. The van der Waals surface area contributed by atoms with Gasteiger partial charge in [-0.25, -0.2) is 4.98 Å². The summed E-state index contributed by atoms with van der Waals surface area (Å²) >= 11 is 1.54. The number of furan rings is 1. The van der Waals surface area contributed by atoms with Crippen molar-refractivity contribution in [2.24, 2.45) is 0 Å². The number of hydrogen-bond acceptors (Lipinski definition) is 4. The van der Waals surface area contributed by atoms with E-state index in [2.05, 4.69) is 11.1 Å². The summed E-state index contributed by atoms with van der Waals surface area (Å²) in [6, 6.07) is 11.5. The number of hydrogen-bond donors (Lipinski definition) is 0. The average Bonchev–Trinajstić information content (AvgIpc) is 3.07. The van der Waals surface area contributed by atoms with E-state index in [1.165, 1.54) is 0 Å². The Morgan fingerprint density at radius 3 is 2.95 bits per heavy atom. The molecule has 3 nitrogen and oxygen atoms in total. The molecule has 0 saturated heterocycles. The van der Waals surface area contributed by atoms with Crippen LogP contribution in [0.25, 0.3) is 22.0 Å². The predicted molar refractivity (Wildman–Crippen MR) is 74.7 cm³/mol. The van der Waals surface area contributed by atoms with E-state index in [1.54, 1.807) is 23.7 Å². The van der Waals surface area contributed by atoms with Gasteiger partial charge in [-0.2, -0.15) is 5.26 Å². The van der Waals surface area contributed by atoms with Crippen LogP contribution in [-0.4, -0.2) is 4.98 Å². The number of thiazole rings is 1. The molecule has 0 fully saturated rings. The summed E-state index contributed by atoms with van der Waals surface area (Å²) < 4.78 is 5.44. The van der Waals surface area contributed by atoms with E-state index in [0.717, 1.165) is 27.6 Å². The molecule has 0 amide bonds. The number of rotatable bonds is 2. The van der Waals surface area contributed by atoms with Gasteiger partial charge in [0, 0.05) is 10.9 Å². The van der Waals surface area contributed by atoms with Crippen molar-refractivity contribution in [2.75, 3.05) is 0 Å². The van der Waals surface area contributed by atoms with E-state index in [0.29, 0.717) is 5.56 Å². The summed E-state index contributed by atoms with van der Waals surface area (Å²) in [5, 5.41) is 11.8. The predicted octanol–water partition coefficient (Wildman–Crippen LogP) is 4.25. The van der Waals surface area contributed by atoms with Crippen molar-refractivity contribution in [2.45, 2.75) is 6.92 Å². The topological polar surface area (TPSA) is 49.8 Å². The molecule has 3 rings (SSSR count). The molecule has 19 heavy (non-hydrogen) atoms. The summed E-state index contributed by atoms with van der Waals surface area (Å²) in [6.07, 6.45) is 1.67. The smallest absolute Gasteiger partial charge is 0.165 e. The maximum Gasteiger partial charge on any atom is 0.165 e. The van der Waals surface area contributed by atoms with Crippen LogP contribution < -0.4 is 0 Å². The van der Waals surface area contributed by atoms with Crippen LogP contribution in [0.1, 0.15) is 11.1 Å². The molecule has 0 saturated carbocycles. The van der Waals surface area contributed by atoms with Crippen LogP contribution in [0.5, 0.6) is 0 Å². The Bertz CT molecular complexity index is 764. The molecule has 0 spiro atoms. The molecule has 0 radical (unpaired) electrons. The van der Waals surface area contributed by atoms with Crippen molar-refractivity contribution < 1.29 is 4.42 Å². The van der Waals surface area contributed by atoms with E-state index < -0.39 is 0 Å². The second-order valence-corrected chi connectivity index (χ2v) is 5.02. The van der Waals surface area contributed by atoms with Crippen LogP contribution in [-0.2, 0) is 0 Å². The lowest BCUT2D eigenvalue weighted by Gasteiger charge is -1.96. The Kier molecular flexibility index (Phi) is 2.90. The zero-order valence-corrected chi connectivity index (χ0v) is 11.1. The number of nitriles is 1. The fourth-order valence-electron chi connectivity index (χ4n) is 1.85. The van der Waals surface area contributed by atoms with E-state index in [4.69, 9.17) is 9.68 Å². The Hall–Kier alpha value is -2.38. The highest BCUT2D eigenvalue weighted by molar-refractivity contribution is 7.13. The molecule has 0 aliphatic carbocycles. The summed E-state index contributed by atoms with van der Waals surface area (Å²) in [7, 11) is 0. The minimum atomic E-state index is 0.640. The standard InChI is InChI=1S/C15H10N2OS/c1-10-5-6-18-14(10)15-17-13(9-19-15)12-4-2-3-11(7-12)8-16/h2-7,9H,1H3. The Labute approximate surface area is 114 Å². The summed E-state index contributed by atoms with van der Waals surface area (Å²) in [6.45, 7) is 2.00. The van der Waals surface area contributed by atoms with E-state index >= 15 is 0 Å². The van der Waals surface area contributed by atoms with Gasteiger partial charge in [0.25, 0.3) is 0 Å². The van der Waals surface area contributed by atoms with Crippen LogP contribution >= 0.6 is 11.3 Å². The molecular formula is C15H10N2OS. The zero-order valence-electron chi connectivity index (χ0n) is 10.3. The second kappa shape index (κ2) is 4.71. The number of aromatic nitrogens is 1. The van der Waals surface area contributed by atoms with E-state index in [-0.39, 0.29) is 0 Å². The maximum absolute atomic E-state index is 8.92. The van der Waals surface area contributed by atoms with Gasteiger partial charge in [-0.3, -0.25) is 0 Å². The molecule has 0 aliphatic heterocycles. The first-order valence-electron chi connectivity index (χ1n) is 5.78. The molecule has 0 atom stereocenters. The molecule has 2 heterocycles. The summed E-state index contributed by atoms with van der Waals surface area (Å²) in [4.78, 5) is 4.57. The lowest BCUT2D eigenvalue weighted by Crippen LogP contribution is -1.81. The highest BCUT2D eigenvalue weighted by atomic mass is 32.1. The highest BCUT2D eigenvalue weighted by Crippen LogP contribution is 2.31. The number of aryl methyl sites for hydroxylation is 1. The first kappa shape index (κ1) is 11.7. The molecular weight excluding hydrogens is 256 g/mol. The van der Waals surface area contributed by atoms with Gasteiger partial charge in [0.15, 0.2) is 10.8 Å². The molecule has 0 bridgehead atoms. The Morgan fingerprint density at radius 2 is 2.21 bits per heavy atom. The minimum Gasteiger partial charge on any atom is -0.462 e. The molecule has 3 aromatic rings. The molecule has 92 valence electrons. The normalized spacial score (nSPS) is 10.3. The van der Waals surface area contributed by atoms with Crippen LogP contribution in [0, 0.1) is 18.3 Å². The van der Waals surface area contributed by atoms with Gasteiger partial charge in [0.1, 0.15) is 0 Å². The van der Waals surface area contributed by atoms with Crippen LogP contribution in [0.4, 0.5) is 0 Å².